The van der Waals surface area contributed by atoms with Crippen molar-refractivity contribution >= 4 is 5.84 Å². The Morgan fingerprint density at radius 1 is 1.47 bits per heavy atom. The summed E-state index contributed by atoms with van der Waals surface area (Å²) in [4.78, 5) is 0. The van der Waals surface area contributed by atoms with Crippen LogP contribution in [-0.2, 0) is 0 Å². The summed E-state index contributed by atoms with van der Waals surface area (Å²) in [6, 6.07) is 8.03. The second kappa shape index (κ2) is 4.03. The summed E-state index contributed by atoms with van der Waals surface area (Å²) in [7, 11) is 0. The van der Waals surface area contributed by atoms with Crippen molar-refractivity contribution in [2.45, 2.75) is 12.8 Å². The van der Waals surface area contributed by atoms with E-state index in [0.717, 1.165) is 18.7 Å². The van der Waals surface area contributed by atoms with E-state index in [1.165, 1.54) is 5.56 Å². The molecule has 1 aliphatic rings. The number of nitrogens with two attached hydrogens (primary N) is 1. The lowest BCUT2D eigenvalue weighted by Crippen LogP contribution is -2.13. The molecular weight excluding hydrogens is 186 g/mol. The molecule has 0 aromatic heterocycles. The number of benzene rings is 1. The van der Waals surface area contributed by atoms with E-state index < -0.39 is 0 Å². The normalized spacial score (nSPS) is 25.4. The minimum absolute atomic E-state index is 0.149. The van der Waals surface area contributed by atoms with Crippen LogP contribution >= 0.6 is 0 Å². The number of hydrogen-bond acceptors (Lipinski definition) is 2. The average molecular weight is 203 g/mol. The van der Waals surface area contributed by atoms with Gasteiger partial charge in [0.2, 0.25) is 0 Å². The minimum atomic E-state index is 0.149. The first-order valence-electron chi connectivity index (χ1n) is 5.33. The third-order valence-electron chi connectivity index (χ3n) is 3.14. The highest BCUT2D eigenvalue weighted by Crippen LogP contribution is 2.27. The summed E-state index contributed by atoms with van der Waals surface area (Å²) in [6.07, 6.45) is 0. The Morgan fingerprint density at radius 2 is 2.27 bits per heavy atom. The van der Waals surface area contributed by atoms with Crippen LogP contribution in [0.25, 0.3) is 0 Å². The summed E-state index contributed by atoms with van der Waals surface area (Å²) in [6.45, 7) is 4.36. The fourth-order valence-corrected chi connectivity index (χ4v) is 2.19. The molecule has 1 fully saturated rings. The molecule has 3 nitrogen and oxygen atoms in total. The standard InChI is InChI=1S/C12H17N3/c1-8-6-15-7-11(8)9-3-2-4-10(5-9)12(13)14/h2-5,8,11,15H,6-7H2,1H3,(H3,13,14). The second-order valence-electron chi connectivity index (χ2n) is 4.28. The summed E-state index contributed by atoms with van der Waals surface area (Å²) in [5.74, 6) is 1.37. The Labute approximate surface area is 90.2 Å². The summed E-state index contributed by atoms with van der Waals surface area (Å²) in [5, 5.41) is 10.8. The van der Waals surface area contributed by atoms with Crippen LogP contribution in [0.15, 0.2) is 24.3 Å². The van der Waals surface area contributed by atoms with Gasteiger partial charge in [-0.05, 0) is 24.1 Å². The fraction of sp³-hybridized carbons (Fsp3) is 0.417. The molecule has 1 saturated heterocycles. The van der Waals surface area contributed by atoms with Crippen LogP contribution in [-0.4, -0.2) is 18.9 Å². The zero-order chi connectivity index (χ0) is 10.8. The molecule has 2 atom stereocenters. The summed E-state index contributed by atoms with van der Waals surface area (Å²) >= 11 is 0. The summed E-state index contributed by atoms with van der Waals surface area (Å²) < 4.78 is 0. The molecule has 1 aromatic rings. The molecule has 2 rings (SSSR count). The Morgan fingerprint density at radius 3 is 2.87 bits per heavy atom. The van der Waals surface area contributed by atoms with Crippen LogP contribution < -0.4 is 11.1 Å². The summed E-state index contributed by atoms with van der Waals surface area (Å²) in [5.41, 5.74) is 7.60. The van der Waals surface area contributed by atoms with Crippen molar-refractivity contribution in [1.29, 1.82) is 5.41 Å². The van der Waals surface area contributed by atoms with Gasteiger partial charge in [-0.2, -0.15) is 0 Å². The number of rotatable bonds is 2. The van der Waals surface area contributed by atoms with Crippen molar-refractivity contribution in [1.82, 2.24) is 5.32 Å². The van der Waals surface area contributed by atoms with Gasteiger partial charge in [-0.25, -0.2) is 0 Å². The maximum Gasteiger partial charge on any atom is 0.122 e. The van der Waals surface area contributed by atoms with E-state index in [0.29, 0.717) is 11.8 Å². The molecule has 0 bridgehead atoms. The van der Waals surface area contributed by atoms with Gasteiger partial charge in [-0.15, -0.1) is 0 Å². The lowest BCUT2D eigenvalue weighted by atomic mass is 9.89. The van der Waals surface area contributed by atoms with Crippen LogP contribution in [0.3, 0.4) is 0 Å². The van der Waals surface area contributed by atoms with Gasteiger partial charge in [-0.1, -0.05) is 25.1 Å². The predicted molar refractivity (Wildman–Crippen MR) is 62.2 cm³/mol. The molecule has 0 amide bonds. The van der Waals surface area contributed by atoms with E-state index in [9.17, 15) is 0 Å². The minimum Gasteiger partial charge on any atom is -0.384 e. The highest BCUT2D eigenvalue weighted by atomic mass is 14.9. The van der Waals surface area contributed by atoms with Gasteiger partial charge in [0.25, 0.3) is 0 Å². The molecule has 0 saturated carbocycles. The quantitative estimate of drug-likeness (QED) is 0.501. The van der Waals surface area contributed by atoms with E-state index in [4.69, 9.17) is 11.1 Å². The molecule has 15 heavy (non-hydrogen) atoms. The monoisotopic (exact) mass is 203 g/mol. The third kappa shape index (κ3) is 2.02. The van der Waals surface area contributed by atoms with Gasteiger partial charge in [0.05, 0.1) is 0 Å². The van der Waals surface area contributed by atoms with Crippen molar-refractivity contribution in [3.05, 3.63) is 35.4 Å². The van der Waals surface area contributed by atoms with E-state index in [2.05, 4.69) is 18.3 Å². The first-order valence-corrected chi connectivity index (χ1v) is 5.33. The third-order valence-corrected chi connectivity index (χ3v) is 3.14. The molecular formula is C12H17N3. The average Bonchev–Trinajstić information content (AvgIpc) is 2.64. The van der Waals surface area contributed by atoms with Crippen molar-refractivity contribution < 1.29 is 0 Å². The molecule has 4 N–H and O–H groups in total. The maximum atomic E-state index is 7.42. The van der Waals surface area contributed by atoms with E-state index in [1.807, 2.05) is 18.2 Å². The fourth-order valence-electron chi connectivity index (χ4n) is 2.19. The van der Waals surface area contributed by atoms with Gasteiger partial charge in [0.1, 0.15) is 5.84 Å². The molecule has 0 radical (unpaired) electrons. The van der Waals surface area contributed by atoms with Crippen LogP contribution in [0, 0.1) is 11.3 Å². The largest absolute Gasteiger partial charge is 0.384 e. The van der Waals surface area contributed by atoms with Crippen molar-refractivity contribution in [2.75, 3.05) is 13.1 Å². The highest BCUT2D eigenvalue weighted by Gasteiger charge is 2.24. The van der Waals surface area contributed by atoms with Crippen molar-refractivity contribution in [3.63, 3.8) is 0 Å². The first-order chi connectivity index (χ1) is 7.18. The Kier molecular flexibility index (Phi) is 2.73. The maximum absolute atomic E-state index is 7.42. The zero-order valence-corrected chi connectivity index (χ0v) is 8.96. The SMILES string of the molecule is CC1CNCC1c1cccc(C(=N)N)c1. The highest BCUT2D eigenvalue weighted by molar-refractivity contribution is 5.95. The Balaban J connectivity index is 2.28. The number of hydrogen-bond donors (Lipinski definition) is 3. The molecule has 2 unspecified atom stereocenters. The molecule has 1 aliphatic heterocycles. The molecule has 0 spiro atoms. The van der Waals surface area contributed by atoms with E-state index >= 15 is 0 Å². The second-order valence-corrected chi connectivity index (χ2v) is 4.28. The first kappa shape index (κ1) is 10.2. The molecule has 1 aromatic carbocycles. The van der Waals surface area contributed by atoms with Crippen LogP contribution in [0.1, 0.15) is 24.0 Å². The van der Waals surface area contributed by atoms with Gasteiger partial charge < -0.3 is 11.1 Å². The van der Waals surface area contributed by atoms with Gasteiger partial charge >= 0.3 is 0 Å². The molecule has 0 aliphatic carbocycles. The lowest BCUT2D eigenvalue weighted by Gasteiger charge is -2.15. The van der Waals surface area contributed by atoms with Crippen LogP contribution in [0.2, 0.25) is 0 Å². The predicted octanol–water partition coefficient (Wildman–Crippen LogP) is 1.29. The topological polar surface area (TPSA) is 61.9 Å². The lowest BCUT2D eigenvalue weighted by molar-refractivity contribution is 0.572. The van der Waals surface area contributed by atoms with E-state index in [-0.39, 0.29) is 5.84 Å². The Hall–Kier alpha value is -1.35. The zero-order valence-electron chi connectivity index (χ0n) is 8.96. The van der Waals surface area contributed by atoms with Crippen LogP contribution in [0.5, 0.6) is 0 Å². The van der Waals surface area contributed by atoms with E-state index in [1.54, 1.807) is 0 Å². The van der Waals surface area contributed by atoms with Crippen molar-refractivity contribution in [2.24, 2.45) is 11.7 Å². The smallest absolute Gasteiger partial charge is 0.122 e. The van der Waals surface area contributed by atoms with Gasteiger partial charge in [0.15, 0.2) is 0 Å². The molecule has 1 heterocycles. The Bertz CT molecular complexity index is 373. The van der Waals surface area contributed by atoms with Crippen molar-refractivity contribution in [3.8, 4) is 0 Å². The van der Waals surface area contributed by atoms with Crippen LogP contribution in [0.4, 0.5) is 0 Å². The van der Waals surface area contributed by atoms with Gasteiger partial charge in [0, 0.05) is 18.0 Å². The molecule has 80 valence electrons. The van der Waals surface area contributed by atoms with Gasteiger partial charge in [-0.3, -0.25) is 5.41 Å². The number of nitrogens with one attached hydrogen (secondary N) is 2. The molecule has 3 heteroatoms. The number of nitrogen functional groups attached to an aromatic ring is 1. The number of amidine groups is 1.